The average Bonchev–Trinajstić information content (AvgIpc) is 2.22. The number of hydrogen-bond donors (Lipinski definition) is 2. The van der Waals surface area contributed by atoms with E-state index in [2.05, 4.69) is 5.32 Å². The summed E-state index contributed by atoms with van der Waals surface area (Å²) in [4.78, 5) is 11.5. The fraction of sp³-hybridized carbons (Fsp3) is 0.364. The molecule has 0 aliphatic carbocycles. The maximum absolute atomic E-state index is 11.5. The van der Waals surface area contributed by atoms with Crippen molar-refractivity contribution in [1.29, 1.82) is 0 Å². The zero-order valence-electron chi connectivity index (χ0n) is 8.59. The van der Waals surface area contributed by atoms with E-state index < -0.39 is 0 Å². The number of aliphatic hydroxyl groups excluding tert-OH is 1. The van der Waals surface area contributed by atoms with E-state index in [0.29, 0.717) is 23.6 Å². The smallest absolute Gasteiger partial charge is 0.251 e. The van der Waals surface area contributed by atoms with Crippen molar-refractivity contribution in [1.82, 2.24) is 5.32 Å². The third-order valence-corrected chi connectivity index (χ3v) is 2.46. The summed E-state index contributed by atoms with van der Waals surface area (Å²) in [5, 5.41) is 11.9. The zero-order valence-corrected chi connectivity index (χ0v) is 9.34. The van der Waals surface area contributed by atoms with E-state index in [1.165, 1.54) is 0 Å². The van der Waals surface area contributed by atoms with Crippen LogP contribution in [-0.2, 0) is 0 Å². The molecule has 0 saturated heterocycles. The van der Waals surface area contributed by atoms with Crippen molar-refractivity contribution in [2.24, 2.45) is 0 Å². The van der Waals surface area contributed by atoms with Crippen molar-refractivity contribution >= 4 is 17.5 Å². The lowest BCUT2D eigenvalue weighted by Crippen LogP contribution is -2.25. The third-order valence-electron chi connectivity index (χ3n) is 2.04. The minimum Gasteiger partial charge on any atom is -0.396 e. The van der Waals surface area contributed by atoms with Crippen molar-refractivity contribution in [3.05, 3.63) is 34.3 Å². The maximum Gasteiger partial charge on any atom is 0.251 e. The van der Waals surface area contributed by atoms with Crippen LogP contribution < -0.4 is 5.32 Å². The topological polar surface area (TPSA) is 49.3 Å². The SMILES string of the molecule is Cc1cc(C(=O)NCCCO)ccc1Cl. The molecule has 0 aromatic heterocycles. The number of nitrogens with one attached hydrogen (secondary N) is 1. The number of hydrogen-bond acceptors (Lipinski definition) is 2. The maximum atomic E-state index is 11.5. The first-order valence-electron chi connectivity index (χ1n) is 4.80. The van der Waals surface area contributed by atoms with E-state index >= 15 is 0 Å². The second-order valence-electron chi connectivity index (χ2n) is 3.30. The molecule has 0 radical (unpaired) electrons. The Kier molecular flexibility index (Phi) is 4.59. The summed E-state index contributed by atoms with van der Waals surface area (Å²) >= 11 is 5.85. The molecule has 0 saturated carbocycles. The van der Waals surface area contributed by atoms with Crippen LogP contribution in [0.5, 0.6) is 0 Å². The van der Waals surface area contributed by atoms with Gasteiger partial charge in [-0.15, -0.1) is 0 Å². The number of carbonyl (C=O) groups is 1. The summed E-state index contributed by atoms with van der Waals surface area (Å²) in [6, 6.07) is 5.14. The first-order chi connectivity index (χ1) is 7.15. The van der Waals surface area contributed by atoms with Crippen LogP contribution in [0.15, 0.2) is 18.2 Å². The van der Waals surface area contributed by atoms with Crippen molar-refractivity contribution in [2.75, 3.05) is 13.2 Å². The standard InChI is InChI=1S/C11H14ClNO2/c1-8-7-9(3-4-10(8)12)11(15)13-5-2-6-14/h3-4,7,14H,2,5-6H2,1H3,(H,13,15). The molecule has 1 aromatic rings. The number of rotatable bonds is 4. The van der Waals surface area contributed by atoms with Gasteiger partial charge < -0.3 is 10.4 Å². The molecule has 0 aliphatic heterocycles. The second-order valence-corrected chi connectivity index (χ2v) is 3.70. The van der Waals surface area contributed by atoms with Crippen LogP contribution in [0, 0.1) is 6.92 Å². The van der Waals surface area contributed by atoms with Crippen LogP contribution in [0.25, 0.3) is 0 Å². The molecule has 0 bridgehead atoms. The Morgan fingerprint density at radius 2 is 2.27 bits per heavy atom. The lowest BCUT2D eigenvalue weighted by Gasteiger charge is -2.05. The molecule has 1 amide bonds. The van der Waals surface area contributed by atoms with Crippen LogP contribution in [0.3, 0.4) is 0 Å². The van der Waals surface area contributed by atoms with Gasteiger partial charge in [-0.25, -0.2) is 0 Å². The van der Waals surface area contributed by atoms with E-state index in [4.69, 9.17) is 16.7 Å². The van der Waals surface area contributed by atoms with Crippen LogP contribution >= 0.6 is 11.6 Å². The molecule has 15 heavy (non-hydrogen) atoms. The summed E-state index contributed by atoms with van der Waals surface area (Å²) < 4.78 is 0. The predicted octanol–water partition coefficient (Wildman–Crippen LogP) is 1.76. The minimum absolute atomic E-state index is 0.0833. The number of amides is 1. The summed E-state index contributed by atoms with van der Waals surface area (Å²) in [7, 11) is 0. The van der Waals surface area contributed by atoms with Gasteiger partial charge >= 0.3 is 0 Å². The molecule has 1 aromatic carbocycles. The molecule has 1 rings (SSSR count). The van der Waals surface area contributed by atoms with Crippen molar-refractivity contribution in [2.45, 2.75) is 13.3 Å². The van der Waals surface area contributed by atoms with Gasteiger partial charge in [0.2, 0.25) is 0 Å². The molecule has 0 atom stereocenters. The van der Waals surface area contributed by atoms with E-state index in [1.807, 2.05) is 6.92 Å². The van der Waals surface area contributed by atoms with Crippen molar-refractivity contribution < 1.29 is 9.90 Å². The molecular weight excluding hydrogens is 214 g/mol. The number of benzene rings is 1. The lowest BCUT2D eigenvalue weighted by atomic mass is 10.1. The van der Waals surface area contributed by atoms with Gasteiger partial charge in [0.05, 0.1) is 0 Å². The highest BCUT2D eigenvalue weighted by atomic mass is 35.5. The molecule has 0 unspecified atom stereocenters. The second kappa shape index (κ2) is 5.73. The molecular formula is C11H14ClNO2. The molecule has 0 spiro atoms. The van der Waals surface area contributed by atoms with E-state index in [1.54, 1.807) is 18.2 Å². The molecule has 0 fully saturated rings. The first-order valence-corrected chi connectivity index (χ1v) is 5.18. The Morgan fingerprint density at radius 1 is 1.53 bits per heavy atom. The first kappa shape index (κ1) is 12.0. The van der Waals surface area contributed by atoms with Gasteiger partial charge in [0.25, 0.3) is 5.91 Å². The summed E-state index contributed by atoms with van der Waals surface area (Å²) in [6.45, 7) is 2.42. The largest absolute Gasteiger partial charge is 0.396 e. The van der Waals surface area contributed by atoms with E-state index in [9.17, 15) is 4.79 Å². The molecule has 0 aliphatic rings. The predicted molar refractivity (Wildman–Crippen MR) is 60.2 cm³/mol. The Hall–Kier alpha value is -1.06. The monoisotopic (exact) mass is 227 g/mol. The molecule has 4 heteroatoms. The summed E-state index contributed by atoms with van der Waals surface area (Å²) in [5.74, 6) is -0.136. The molecule has 0 heterocycles. The molecule has 82 valence electrons. The highest BCUT2D eigenvalue weighted by molar-refractivity contribution is 6.31. The van der Waals surface area contributed by atoms with E-state index in [-0.39, 0.29) is 12.5 Å². The van der Waals surface area contributed by atoms with Crippen LogP contribution in [-0.4, -0.2) is 24.2 Å². The fourth-order valence-electron chi connectivity index (χ4n) is 1.17. The summed E-state index contributed by atoms with van der Waals surface area (Å²) in [6.07, 6.45) is 0.568. The lowest BCUT2D eigenvalue weighted by molar-refractivity contribution is 0.0951. The van der Waals surface area contributed by atoms with Gasteiger partial charge in [-0.05, 0) is 37.1 Å². The van der Waals surface area contributed by atoms with Crippen LogP contribution in [0.4, 0.5) is 0 Å². The number of aryl methyl sites for hydroxylation is 1. The normalized spacial score (nSPS) is 10.1. The van der Waals surface area contributed by atoms with Gasteiger partial charge in [0, 0.05) is 23.7 Å². The van der Waals surface area contributed by atoms with Gasteiger partial charge in [-0.3, -0.25) is 4.79 Å². The highest BCUT2D eigenvalue weighted by Crippen LogP contribution is 2.16. The average molecular weight is 228 g/mol. The number of carbonyl (C=O) groups excluding carboxylic acids is 1. The van der Waals surface area contributed by atoms with E-state index in [0.717, 1.165) is 5.56 Å². The number of aliphatic hydroxyl groups is 1. The van der Waals surface area contributed by atoms with Gasteiger partial charge in [-0.1, -0.05) is 11.6 Å². The van der Waals surface area contributed by atoms with Crippen LogP contribution in [0.2, 0.25) is 5.02 Å². The minimum atomic E-state index is -0.136. The van der Waals surface area contributed by atoms with Gasteiger partial charge in [0.1, 0.15) is 0 Å². The van der Waals surface area contributed by atoms with Gasteiger partial charge in [-0.2, -0.15) is 0 Å². The summed E-state index contributed by atoms with van der Waals surface area (Å²) in [5.41, 5.74) is 1.47. The zero-order chi connectivity index (χ0) is 11.3. The van der Waals surface area contributed by atoms with Gasteiger partial charge in [0.15, 0.2) is 0 Å². The van der Waals surface area contributed by atoms with Crippen LogP contribution in [0.1, 0.15) is 22.3 Å². The molecule has 3 nitrogen and oxygen atoms in total. The fourth-order valence-corrected chi connectivity index (χ4v) is 1.29. The van der Waals surface area contributed by atoms with Crippen molar-refractivity contribution in [3.8, 4) is 0 Å². The third kappa shape index (κ3) is 3.53. The Balaban J connectivity index is 2.62. The Bertz CT molecular complexity index is 352. The quantitative estimate of drug-likeness (QED) is 0.771. The number of halogens is 1. The van der Waals surface area contributed by atoms with Crippen molar-refractivity contribution in [3.63, 3.8) is 0 Å². The molecule has 2 N–H and O–H groups in total. The Morgan fingerprint density at radius 3 is 2.87 bits per heavy atom. The highest BCUT2D eigenvalue weighted by Gasteiger charge is 2.05. The Labute approximate surface area is 94.1 Å².